The minimum absolute atomic E-state index is 0.0459. The molecule has 2 heterocycles. The molecule has 0 unspecified atom stereocenters. The molecule has 5 nitrogen and oxygen atoms in total. The number of thiophene rings is 1. The summed E-state index contributed by atoms with van der Waals surface area (Å²) in [5.41, 5.74) is 4.18. The first-order valence-corrected chi connectivity index (χ1v) is 10.9. The zero-order chi connectivity index (χ0) is 19.4. The average Bonchev–Trinajstić information content (AvgIpc) is 3.31. The van der Waals surface area contributed by atoms with Gasteiger partial charge in [-0.1, -0.05) is 18.2 Å². The minimum atomic E-state index is -4.16. The Morgan fingerprint density at radius 2 is 1.85 bits per heavy atom. The van der Waals surface area contributed by atoms with Gasteiger partial charge in [-0.15, -0.1) is 11.3 Å². The molecule has 27 heavy (non-hydrogen) atoms. The molecule has 0 amide bonds. The van der Waals surface area contributed by atoms with Gasteiger partial charge in [0.05, 0.1) is 4.90 Å². The van der Waals surface area contributed by atoms with Crippen molar-refractivity contribution in [3.63, 3.8) is 0 Å². The van der Waals surface area contributed by atoms with Gasteiger partial charge in [0.25, 0.3) is 10.1 Å². The zero-order valence-corrected chi connectivity index (χ0v) is 16.8. The van der Waals surface area contributed by atoms with Crippen LogP contribution in [0.3, 0.4) is 0 Å². The predicted octanol–water partition coefficient (Wildman–Crippen LogP) is 4.19. The van der Waals surface area contributed by atoms with E-state index in [-0.39, 0.29) is 4.90 Å². The number of benzene rings is 2. The molecule has 1 aliphatic heterocycles. The number of hydrogen-bond acceptors (Lipinski definition) is 5. The van der Waals surface area contributed by atoms with Crippen LogP contribution in [0.25, 0.3) is 10.4 Å². The first kappa shape index (κ1) is 19.6. The van der Waals surface area contributed by atoms with Crippen molar-refractivity contribution in [3.8, 4) is 10.4 Å². The highest BCUT2D eigenvalue weighted by atomic mass is 32.2. The highest BCUT2D eigenvalue weighted by Gasteiger charge is 2.23. The summed E-state index contributed by atoms with van der Waals surface area (Å²) in [5.74, 6) is 0. The summed E-state index contributed by atoms with van der Waals surface area (Å²) in [6, 6.07) is 17.3. The van der Waals surface area contributed by atoms with Crippen LogP contribution in [0.15, 0.2) is 64.9 Å². The highest BCUT2D eigenvalue weighted by Crippen LogP contribution is 2.37. The van der Waals surface area contributed by atoms with Crippen molar-refractivity contribution in [2.75, 3.05) is 25.5 Å². The van der Waals surface area contributed by atoms with Gasteiger partial charge in [-0.3, -0.25) is 4.55 Å². The lowest BCUT2D eigenvalue weighted by Gasteiger charge is -2.20. The fourth-order valence-electron chi connectivity index (χ4n) is 3.08. The van der Waals surface area contributed by atoms with Crippen molar-refractivity contribution in [3.05, 3.63) is 65.5 Å². The van der Waals surface area contributed by atoms with Gasteiger partial charge in [0, 0.05) is 22.8 Å². The largest absolute Gasteiger partial charge is 0.341 e. The molecule has 4 rings (SSSR count). The molecular formula is C20H22N2O3S2. The van der Waals surface area contributed by atoms with E-state index in [9.17, 15) is 13.0 Å². The molecule has 0 aliphatic carbocycles. The lowest BCUT2D eigenvalue weighted by molar-refractivity contribution is 0.483. The summed E-state index contributed by atoms with van der Waals surface area (Å²) in [4.78, 5) is 3.36. The molecule has 0 fully saturated rings. The van der Waals surface area contributed by atoms with Gasteiger partial charge in [-0.25, -0.2) is 0 Å². The molecule has 0 saturated heterocycles. The van der Waals surface area contributed by atoms with Gasteiger partial charge in [0.1, 0.15) is 0 Å². The lowest BCUT2D eigenvalue weighted by Crippen LogP contribution is -2.13. The molecule has 1 aromatic heterocycles. The highest BCUT2D eigenvalue weighted by molar-refractivity contribution is 7.85. The van der Waals surface area contributed by atoms with Crippen LogP contribution < -0.4 is 10.2 Å². The second kappa shape index (κ2) is 8.22. The molecule has 0 spiro atoms. The number of anilines is 2. The van der Waals surface area contributed by atoms with Gasteiger partial charge in [0.2, 0.25) is 0 Å². The molecule has 2 aromatic carbocycles. The van der Waals surface area contributed by atoms with E-state index < -0.39 is 10.1 Å². The second-order valence-corrected chi connectivity index (χ2v) is 8.56. The summed E-state index contributed by atoms with van der Waals surface area (Å²) < 4.78 is 31.8. The van der Waals surface area contributed by atoms with Gasteiger partial charge in [0.15, 0.2) is 0 Å². The molecule has 1 aliphatic rings. The third-order valence-electron chi connectivity index (χ3n) is 4.21. The topological polar surface area (TPSA) is 69.6 Å². The van der Waals surface area contributed by atoms with E-state index in [0.717, 1.165) is 29.9 Å². The standard InChI is InChI=1S/C18H15NO3S2.C2H7N/c20-24(21,22)16-6-7-17-13(12-16)8-9-19(17)15-4-1-3-14(11-15)18-5-2-10-23-18;1-3-2/h1-7,10-12H,8-9H2,(H,20,21,22);3H,1-2H3. The van der Waals surface area contributed by atoms with Gasteiger partial charge in [-0.05, 0) is 73.4 Å². The number of fused-ring (bicyclic) bond motifs is 1. The fourth-order valence-corrected chi connectivity index (χ4v) is 4.33. The van der Waals surface area contributed by atoms with Crippen molar-refractivity contribution < 1.29 is 13.0 Å². The van der Waals surface area contributed by atoms with E-state index in [1.807, 2.05) is 26.2 Å². The van der Waals surface area contributed by atoms with Crippen LogP contribution in [0.5, 0.6) is 0 Å². The number of rotatable bonds is 3. The maximum Gasteiger partial charge on any atom is 0.294 e. The van der Waals surface area contributed by atoms with Crippen molar-refractivity contribution in [1.82, 2.24) is 5.32 Å². The zero-order valence-electron chi connectivity index (χ0n) is 15.2. The lowest BCUT2D eigenvalue weighted by atomic mass is 10.1. The Labute approximate surface area is 164 Å². The van der Waals surface area contributed by atoms with E-state index in [2.05, 4.69) is 39.9 Å². The number of nitrogens with zero attached hydrogens (tertiary/aromatic N) is 1. The molecule has 142 valence electrons. The van der Waals surface area contributed by atoms with Crippen molar-refractivity contribution in [1.29, 1.82) is 0 Å². The summed E-state index contributed by atoms with van der Waals surface area (Å²) in [6.45, 7) is 0.790. The SMILES string of the molecule is CNC.O=S(=O)(O)c1ccc2c(c1)CCN2c1cccc(-c2cccs2)c1. The fraction of sp³-hybridized carbons (Fsp3) is 0.200. The molecule has 0 saturated carbocycles. The Kier molecular flexibility index (Phi) is 5.96. The Morgan fingerprint density at radius 1 is 1.07 bits per heavy atom. The summed E-state index contributed by atoms with van der Waals surface area (Å²) in [7, 11) is -0.410. The monoisotopic (exact) mass is 402 g/mol. The Hall–Kier alpha value is -2.19. The van der Waals surface area contributed by atoms with Crippen LogP contribution in [-0.4, -0.2) is 33.6 Å². The maximum absolute atomic E-state index is 11.3. The molecule has 0 atom stereocenters. The minimum Gasteiger partial charge on any atom is -0.341 e. The number of nitrogens with one attached hydrogen (secondary N) is 1. The smallest absolute Gasteiger partial charge is 0.294 e. The Bertz CT molecular complexity index is 1020. The normalized spacial score (nSPS) is 13.1. The molecule has 0 bridgehead atoms. The van der Waals surface area contributed by atoms with Crippen molar-refractivity contribution >= 4 is 32.8 Å². The number of hydrogen-bond donors (Lipinski definition) is 2. The van der Waals surface area contributed by atoms with E-state index in [1.54, 1.807) is 23.5 Å². The summed E-state index contributed by atoms with van der Waals surface area (Å²) >= 11 is 1.70. The second-order valence-electron chi connectivity index (χ2n) is 6.19. The maximum atomic E-state index is 11.3. The van der Waals surface area contributed by atoms with Crippen LogP contribution in [0.1, 0.15) is 5.56 Å². The first-order valence-electron chi connectivity index (χ1n) is 8.54. The van der Waals surface area contributed by atoms with Crippen LogP contribution in [-0.2, 0) is 16.5 Å². The first-order chi connectivity index (χ1) is 12.9. The molecule has 3 aromatic rings. The van der Waals surface area contributed by atoms with Crippen molar-refractivity contribution in [2.24, 2.45) is 0 Å². The summed E-state index contributed by atoms with van der Waals surface area (Å²) in [5, 5.41) is 4.81. The van der Waals surface area contributed by atoms with Crippen LogP contribution in [0, 0.1) is 0 Å². The molecular weight excluding hydrogens is 380 g/mol. The average molecular weight is 403 g/mol. The quantitative estimate of drug-likeness (QED) is 0.643. The molecule has 7 heteroatoms. The van der Waals surface area contributed by atoms with Gasteiger partial charge < -0.3 is 10.2 Å². The molecule has 0 radical (unpaired) electrons. The predicted molar refractivity (Wildman–Crippen MR) is 112 cm³/mol. The van der Waals surface area contributed by atoms with E-state index in [4.69, 9.17) is 0 Å². The summed E-state index contributed by atoms with van der Waals surface area (Å²) in [6.07, 6.45) is 0.752. The third-order valence-corrected chi connectivity index (χ3v) is 5.98. The van der Waals surface area contributed by atoms with Gasteiger partial charge >= 0.3 is 0 Å². The van der Waals surface area contributed by atoms with E-state index in [1.165, 1.54) is 16.5 Å². The van der Waals surface area contributed by atoms with Crippen LogP contribution in [0.2, 0.25) is 0 Å². The van der Waals surface area contributed by atoms with Crippen LogP contribution >= 0.6 is 11.3 Å². The van der Waals surface area contributed by atoms with Crippen molar-refractivity contribution in [2.45, 2.75) is 11.3 Å². The molecule has 2 N–H and O–H groups in total. The van der Waals surface area contributed by atoms with E-state index >= 15 is 0 Å². The third kappa shape index (κ3) is 4.39. The van der Waals surface area contributed by atoms with E-state index in [0.29, 0.717) is 0 Å². The van der Waals surface area contributed by atoms with Crippen LogP contribution in [0.4, 0.5) is 11.4 Å². The Morgan fingerprint density at radius 3 is 2.52 bits per heavy atom. The van der Waals surface area contributed by atoms with Gasteiger partial charge in [-0.2, -0.15) is 8.42 Å². The Balaban J connectivity index is 0.000000659.